The Morgan fingerprint density at radius 3 is 2.61 bits per heavy atom. The third kappa shape index (κ3) is 3.05. The molecule has 2 saturated carbocycles. The van der Waals surface area contributed by atoms with Gasteiger partial charge in [0.15, 0.2) is 6.29 Å². The van der Waals surface area contributed by atoms with E-state index < -0.39 is 46.9 Å². The Morgan fingerprint density at radius 2 is 2.00 bits per heavy atom. The van der Waals surface area contributed by atoms with Crippen LogP contribution in [0.5, 0.6) is 0 Å². The Balaban J connectivity index is 1.59. The van der Waals surface area contributed by atoms with E-state index in [-0.39, 0.29) is 37.1 Å². The minimum atomic E-state index is -1.15. The summed E-state index contributed by atoms with van der Waals surface area (Å²) in [4.78, 5) is 37.5. The highest BCUT2D eigenvalue weighted by molar-refractivity contribution is 5.89. The Hall–Kier alpha value is -2.23. The maximum atomic E-state index is 13.7. The second-order valence-electron chi connectivity index (χ2n) is 10.0. The molecular formula is C24H30O9. The smallest absolute Gasteiger partial charge is 0.303 e. The molecule has 2 bridgehead atoms. The van der Waals surface area contributed by atoms with Crippen molar-refractivity contribution in [3.05, 3.63) is 24.2 Å². The van der Waals surface area contributed by atoms with Crippen molar-refractivity contribution in [3.8, 4) is 0 Å². The Bertz CT molecular complexity index is 951. The van der Waals surface area contributed by atoms with Crippen molar-refractivity contribution in [2.75, 3.05) is 13.2 Å². The lowest BCUT2D eigenvalue weighted by atomic mass is 9.41. The molecule has 5 rings (SSSR count). The number of carbonyl (C=O) groups is 3. The van der Waals surface area contributed by atoms with Crippen LogP contribution in [0.1, 0.15) is 58.1 Å². The van der Waals surface area contributed by atoms with E-state index in [2.05, 4.69) is 0 Å². The van der Waals surface area contributed by atoms with Crippen LogP contribution < -0.4 is 0 Å². The molecule has 8 atom stereocenters. The van der Waals surface area contributed by atoms with E-state index in [4.69, 9.17) is 23.4 Å². The summed E-state index contributed by atoms with van der Waals surface area (Å²) < 4.78 is 28.4. The number of carbonyl (C=O) groups excluding carboxylic acids is 3. The van der Waals surface area contributed by atoms with Crippen LogP contribution in [0.2, 0.25) is 0 Å². The van der Waals surface area contributed by atoms with Crippen LogP contribution in [0.25, 0.3) is 0 Å². The molecule has 180 valence electrons. The molecule has 9 heteroatoms. The first-order chi connectivity index (χ1) is 15.7. The topological polar surface area (TPSA) is 125 Å². The largest absolute Gasteiger partial charge is 0.472 e. The molecular weight excluding hydrogens is 432 g/mol. The Labute approximate surface area is 191 Å². The summed E-state index contributed by atoms with van der Waals surface area (Å²) >= 11 is 0. The average molecular weight is 462 g/mol. The minimum absolute atomic E-state index is 0.00778. The van der Waals surface area contributed by atoms with Gasteiger partial charge in [-0.2, -0.15) is 0 Å². The lowest BCUT2D eigenvalue weighted by molar-refractivity contribution is -0.322. The fourth-order valence-corrected chi connectivity index (χ4v) is 7.14. The number of ether oxygens (including phenoxy) is 4. The van der Waals surface area contributed by atoms with Crippen molar-refractivity contribution in [1.29, 1.82) is 0 Å². The highest BCUT2D eigenvalue weighted by atomic mass is 16.6. The number of furan rings is 1. The van der Waals surface area contributed by atoms with Gasteiger partial charge in [0, 0.05) is 31.2 Å². The molecule has 1 aromatic rings. The van der Waals surface area contributed by atoms with Gasteiger partial charge in [-0.05, 0) is 37.2 Å². The number of aliphatic hydroxyl groups is 1. The van der Waals surface area contributed by atoms with Crippen LogP contribution in [-0.2, 0) is 33.3 Å². The molecule has 4 fully saturated rings. The number of hydrogen-bond acceptors (Lipinski definition) is 9. The molecule has 1 N–H and O–H groups in total. The van der Waals surface area contributed by atoms with Gasteiger partial charge in [-0.3, -0.25) is 14.4 Å². The van der Waals surface area contributed by atoms with Gasteiger partial charge in [-0.25, -0.2) is 0 Å². The molecule has 3 heterocycles. The average Bonchev–Trinajstić information content (AvgIpc) is 3.34. The Morgan fingerprint density at radius 1 is 1.24 bits per heavy atom. The lowest BCUT2D eigenvalue weighted by Crippen LogP contribution is -2.74. The molecule has 4 aliphatic rings. The number of esters is 2. The maximum Gasteiger partial charge on any atom is 0.303 e. The van der Waals surface area contributed by atoms with Crippen molar-refractivity contribution < 1.29 is 42.9 Å². The van der Waals surface area contributed by atoms with Crippen molar-refractivity contribution >= 4 is 17.7 Å². The molecule has 0 radical (unpaired) electrons. The normalized spacial score (nSPS) is 42.4. The van der Waals surface area contributed by atoms with Crippen LogP contribution in [-0.4, -0.2) is 54.0 Å². The number of Topliss-reactive ketones (excluding diaryl/α,β-unsaturated/α-hetero) is 1. The van der Waals surface area contributed by atoms with E-state index in [1.165, 1.54) is 26.4 Å². The summed E-state index contributed by atoms with van der Waals surface area (Å²) in [5.41, 5.74) is -2.17. The number of hydrogen-bond donors (Lipinski definition) is 1. The quantitative estimate of drug-likeness (QED) is 0.518. The summed E-state index contributed by atoms with van der Waals surface area (Å²) in [6.45, 7) is 4.94. The third-order valence-electron chi connectivity index (χ3n) is 8.60. The zero-order valence-electron chi connectivity index (χ0n) is 19.1. The molecule has 1 aromatic heterocycles. The molecule has 0 unspecified atom stereocenters. The summed E-state index contributed by atoms with van der Waals surface area (Å²) in [7, 11) is 0. The highest BCUT2D eigenvalue weighted by Crippen LogP contribution is 2.71. The molecule has 0 aromatic carbocycles. The second kappa shape index (κ2) is 7.65. The van der Waals surface area contributed by atoms with Crippen LogP contribution in [0, 0.1) is 22.7 Å². The zero-order valence-corrected chi connectivity index (χ0v) is 19.1. The van der Waals surface area contributed by atoms with E-state index in [9.17, 15) is 19.5 Å². The predicted molar refractivity (Wildman–Crippen MR) is 110 cm³/mol. The monoisotopic (exact) mass is 462 g/mol. The minimum Gasteiger partial charge on any atom is -0.472 e. The van der Waals surface area contributed by atoms with Crippen molar-refractivity contribution in [2.24, 2.45) is 22.7 Å². The first-order valence-electron chi connectivity index (χ1n) is 11.5. The third-order valence-corrected chi connectivity index (χ3v) is 8.60. The van der Waals surface area contributed by atoms with Gasteiger partial charge in [0.25, 0.3) is 0 Å². The van der Waals surface area contributed by atoms with Gasteiger partial charge in [0.1, 0.15) is 23.6 Å². The second-order valence-corrected chi connectivity index (χ2v) is 10.0. The molecule has 0 amide bonds. The van der Waals surface area contributed by atoms with Crippen molar-refractivity contribution in [3.63, 3.8) is 0 Å². The fraction of sp³-hybridized carbons (Fsp3) is 0.708. The number of epoxide rings is 1. The predicted octanol–water partition coefficient (Wildman–Crippen LogP) is 2.31. The molecule has 9 nitrogen and oxygen atoms in total. The van der Waals surface area contributed by atoms with Crippen LogP contribution >= 0.6 is 0 Å². The van der Waals surface area contributed by atoms with E-state index in [1.807, 2.05) is 6.92 Å². The number of rotatable bonds is 5. The summed E-state index contributed by atoms with van der Waals surface area (Å²) in [5, 5.41) is 11.3. The molecule has 33 heavy (non-hydrogen) atoms. The van der Waals surface area contributed by atoms with Crippen LogP contribution in [0.15, 0.2) is 23.0 Å². The lowest BCUT2D eigenvalue weighted by Gasteiger charge is -2.65. The van der Waals surface area contributed by atoms with Crippen LogP contribution in [0.3, 0.4) is 0 Å². The van der Waals surface area contributed by atoms with E-state index in [1.54, 1.807) is 6.07 Å². The van der Waals surface area contributed by atoms with Gasteiger partial charge < -0.3 is 28.5 Å². The van der Waals surface area contributed by atoms with Gasteiger partial charge in [0.05, 0.1) is 31.2 Å². The number of aliphatic hydroxyl groups excluding tert-OH is 1. The van der Waals surface area contributed by atoms with E-state index in [0.29, 0.717) is 25.0 Å². The summed E-state index contributed by atoms with van der Waals surface area (Å²) in [6.07, 6.45) is 2.23. The maximum absolute atomic E-state index is 13.7. The zero-order chi connectivity index (χ0) is 23.6. The standard InChI is InChI=1S/C24H30O9/c1-13-8-19(27)23-11-30-21(28)22(13,9-17(32-14(2)25)16-6-7-29-10-16)18(23)4-5-20(33-15(3)26)24(23)12-31-24/h6-7,10,13,17-18,20-21,28H,4-5,8-9,11-12H2,1-3H3/t13-,17+,18-,20+,21-,22+,23+,24-/m1/s1. The van der Waals surface area contributed by atoms with Crippen LogP contribution in [0.4, 0.5) is 0 Å². The van der Waals surface area contributed by atoms with Gasteiger partial charge in [-0.15, -0.1) is 0 Å². The highest BCUT2D eigenvalue weighted by Gasteiger charge is 2.81. The molecule has 1 spiro atoms. The summed E-state index contributed by atoms with van der Waals surface area (Å²) in [6, 6.07) is 1.73. The first-order valence-corrected chi connectivity index (χ1v) is 11.5. The van der Waals surface area contributed by atoms with Gasteiger partial charge >= 0.3 is 11.9 Å². The number of ketones is 1. The first kappa shape index (κ1) is 22.6. The van der Waals surface area contributed by atoms with Crippen molar-refractivity contribution in [2.45, 2.75) is 70.6 Å². The van der Waals surface area contributed by atoms with E-state index >= 15 is 0 Å². The molecule has 2 aliphatic carbocycles. The molecule has 2 aliphatic heterocycles. The van der Waals surface area contributed by atoms with Gasteiger partial charge in [-0.1, -0.05) is 6.92 Å². The Kier molecular flexibility index (Phi) is 5.23. The SMILES string of the molecule is CC(=O)O[C@@H](C[C@@]12[C@H](C)CC(=O)[C@]3(CO[C@H]1O)[C@@H]2CC[C@H](OC(C)=O)[C@]31CO1)c1ccoc1. The van der Waals surface area contributed by atoms with E-state index in [0.717, 1.165) is 0 Å². The fourth-order valence-electron chi connectivity index (χ4n) is 7.14. The van der Waals surface area contributed by atoms with Gasteiger partial charge in [0.2, 0.25) is 0 Å². The molecule has 2 saturated heterocycles. The van der Waals surface area contributed by atoms with Crippen molar-refractivity contribution in [1.82, 2.24) is 0 Å². The summed E-state index contributed by atoms with van der Waals surface area (Å²) in [5.74, 6) is -1.37.